The maximum atomic E-state index is 11.5. The molecule has 0 radical (unpaired) electrons. The number of ether oxygens (including phenoxy) is 1. The van der Waals surface area contributed by atoms with Crippen LogP contribution in [0.4, 0.5) is 0 Å². The Labute approximate surface area is 101 Å². The van der Waals surface area contributed by atoms with E-state index in [0.29, 0.717) is 19.1 Å². The van der Waals surface area contributed by atoms with Crippen molar-refractivity contribution in [2.24, 2.45) is 0 Å². The van der Waals surface area contributed by atoms with Crippen molar-refractivity contribution in [2.45, 2.75) is 31.7 Å². The number of aromatic nitrogens is 2. The lowest BCUT2D eigenvalue weighted by atomic mass is 9.85. The minimum Gasteiger partial charge on any atom is -0.383 e. The van der Waals surface area contributed by atoms with Crippen molar-refractivity contribution in [3.63, 3.8) is 0 Å². The third kappa shape index (κ3) is 3.38. The molecule has 0 aromatic carbocycles. The van der Waals surface area contributed by atoms with Crippen molar-refractivity contribution in [3.8, 4) is 0 Å². The maximum absolute atomic E-state index is 11.5. The fraction of sp³-hybridized carbons (Fsp3) is 0.667. The van der Waals surface area contributed by atoms with Gasteiger partial charge in [0.2, 0.25) is 0 Å². The summed E-state index contributed by atoms with van der Waals surface area (Å²) >= 11 is 0. The molecule has 2 N–H and O–H groups in total. The summed E-state index contributed by atoms with van der Waals surface area (Å²) in [4.78, 5) is 18.8. The number of aromatic amines is 1. The maximum Gasteiger partial charge on any atom is 0.251 e. The van der Waals surface area contributed by atoms with E-state index < -0.39 is 0 Å². The van der Waals surface area contributed by atoms with Crippen LogP contribution in [-0.4, -0.2) is 30.2 Å². The molecule has 0 aliphatic heterocycles. The first-order valence-electron chi connectivity index (χ1n) is 6.09. The van der Waals surface area contributed by atoms with Gasteiger partial charge < -0.3 is 15.0 Å². The minimum absolute atomic E-state index is 0.0505. The van der Waals surface area contributed by atoms with Crippen molar-refractivity contribution in [1.82, 2.24) is 15.3 Å². The molecule has 0 bridgehead atoms. The van der Waals surface area contributed by atoms with E-state index >= 15 is 0 Å². The summed E-state index contributed by atoms with van der Waals surface area (Å²) in [7, 11) is 1.67. The van der Waals surface area contributed by atoms with Gasteiger partial charge in [0.05, 0.1) is 12.3 Å². The number of methoxy groups -OCH3 is 1. The SMILES string of the molecule is COCCNCc1cc(=O)[nH]c(C2CCC2)n1. The van der Waals surface area contributed by atoms with Crippen LogP contribution >= 0.6 is 0 Å². The molecule has 0 spiro atoms. The summed E-state index contributed by atoms with van der Waals surface area (Å²) in [6, 6.07) is 1.56. The molecular weight excluding hydrogens is 218 g/mol. The summed E-state index contributed by atoms with van der Waals surface area (Å²) in [6.45, 7) is 2.05. The summed E-state index contributed by atoms with van der Waals surface area (Å²) < 4.78 is 4.94. The van der Waals surface area contributed by atoms with Gasteiger partial charge in [0.15, 0.2) is 0 Å². The van der Waals surface area contributed by atoms with E-state index in [9.17, 15) is 4.79 Å². The Morgan fingerprint density at radius 2 is 2.41 bits per heavy atom. The summed E-state index contributed by atoms with van der Waals surface area (Å²) in [5.41, 5.74) is 0.761. The smallest absolute Gasteiger partial charge is 0.251 e. The van der Waals surface area contributed by atoms with E-state index in [1.807, 2.05) is 0 Å². The Hall–Kier alpha value is -1.20. The Morgan fingerprint density at radius 3 is 3.06 bits per heavy atom. The number of rotatable bonds is 6. The number of hydrogen-bond acceptors (Lipinski definition) is 4. The highest BCUT2D eigenvalue weighted by atomic mass is 16.5. The van der Waals surface area contributed by atoms with Gasteiger partial charge in [0, 0.05) is 32.2 Å². The summed E-state index contributed by atoms with van der Waals surface area (Å²) in [5, 5.41) is 3.19. The number of nitrogens with zero attached hydrogens (tertiary/aromatic N) is 1. The zero-order chi connectivity index (χ0) is 12.1. The number of H-pyrrole nitrogens is 1. The minimum atomic E-state index is -0.0505. The van der Waals surface area contributed by atoms with Crippen LogP contribution in [0.25, 0.3) is 0 Å². The largest absolute Gasteiger partial charge is 0.383 e. The molecule has 0 amide bonds. The van der Waals surface area contributed by atoms with Crippen molar-refractivity contribution < 1.29 is 4.74 Å². The van der Waals surface area contributed by atoms with Gasteiger partial charge in [-0.2, -0.15) is 0 Å². The molecule has 5 heteroatoms. The fourth-order valence-electron chi connectivity index (χ4n) is 1.88. The molecule has 17 heavy (non-hydrogen) atoms. The van der Waals surface area contributed by atoms with Crippen LogP contribution in [0, 0.1) is 0 Å². The molecule has 1 fully saturated rings. The lowest BCUT2D eigenvalue weighted by Gasteiger charge is -2.24. The van der Waals surface area contributed by atoms with Crippen LogP contribution in [-0.2, 0) is 11.3 Å². The zero-order valence-corrected chi connectivity index (χ0v) is 10.2. The van der Waals surface area contributed by atoms with Crippen LogP contribution in [0.5, 0.6) is 0 Å². The van der Waals surface area contributed by atoms with E-state index in [-0.39, 0.29) is 5.56 Å². The van der Waals surface area contributed by atoms with E-state index in [0.717, 1.165) is 30.9 Å². The Morgan fingerprint density at radius 1 is 1.59 bits per heavy atom. The molecule has 1 saturated carbocycles. The van der Waals surface area contributed by atoms with Crippen molar-refractivity contribution in [3.05, 3.63) is 27.9 Å². The van der Waals surface area contributed by atoms with Gasteiger partial charge in [0.1, 0.15) is 5.82 Å². The van der Waals surface area contributed by atoms with E-state index in [1.54, 1.807) is 13.2 Å². The lowest BCUT2D eigenvalue weighted by Crippen LogP contribution is -2.24. The normalized spacial score (nSPS) is 15.8. The number of nitrogens with one attached hydrogen (secondary N) is 2. The average molecular weight is 237 g/mol. The first-order valence-corrected chi connectivity index (χ1v) is 6.09. The van der Waals surface area contributed by atoms with Crippen molar-refractivity contribution in [1.29, 1.82) is 0 Å². The van der Waals surface area contributed by atoms with Crippen molar-refractivity contribution in [2.75, 3.05) is 20.3 Å². The summed E-state index contributed by atoms with van der Waals surface area (Å²) in [6.07, 6.45) is 3.53. The van der Waals surface area contributed by atoms with E-state index in [1.165, 1.54) is 6.42 Å². The van der Waals surface area contributed by atoms with Gasteiger partial charge in [-0.05, 0) is 12.8 Å². The molecule has 5 nitrogen and oxygen atoms in total. The predicted molar refractivity (Wildman–Crippen MR) is 65.0 cm³/mol. The topological polar surface area (TPSA) is 67.0 Å². The zero-order valence-electron chi connectivity index (χ0n) is 10.2. The third-order valence-electron chi connectivity index (χ3n) is 3.09. The van der Waals surface area contributed by atoms with Crippen LogP contribution in [0.15, 0.2) is 10.9 Å². The highest BCUT2D eigenvalue weighted by molar-refractivity contribution is 5.08. The molecule has 1 aliphatic carbocycles. The second-order valence-electron chi connectivity index (χ2n) is 4.42. The summed E-state index contributed by atoms with van der Waals surface area (Å²) in [5.74, 6) is 1.31. The molecule has 1 aromatic rings. The second-order valence-corrected chi connectivity index (χ2v) is 4.42. The van der Waals surface area contributed by atoms with Gasteiger partial charge in [-0.1, -0.05) is 6.42 Å². The Kier molecular flexibility index (Phi) is 4.28. The standard InChI is InChI=1S/C12H19N3O2/c1-17-6-5-13-8-10-7-11(16)15-12(14-10)9-3-2-4-9/h7,9,13H,2-6,8H2,1H3,(H,14,15,16). The highest BCUT2D eigenvalue weighted by Crippen LogP contribution is 2.33. The fourth-order valence-corrected chi connectivity index (χ4v) is 1.88. The number of hydrogen-bond donors (Lipinski definition) is 2. The third-order valence-corrected chi connectivity index (χ3v) is 3.09. The lowest BCUT2D eigenvalue weighted by molar-refractivity contribution is 0.199. The monoisotopic (exact) mass is 237 g/mol. The van der Waals surface area contributed by atoms with Gasteiger partial charge in [-0.25, -0.2) is 4.98 Å². The van der Waals surface area contributed by atoms with Crippen LogP contribution in [0.1, 0.15) is 36.7 Å². The van der Waals surface area contributed by atoms with Crippen LogP contribution in [0.2, 0.25) is 0 Å². The molecule has 0 unspecified atom stereocenters. The quantitative estimate of drug-likeness (QED) is 0.717. The van der Waals surface area contributed by atoms with E-state index in [2.05, 4.69) is 15.3 Å². The molecular formula is C12H19N3O2. The van der Waals surface area contributed by atoms with Crippen LogP contribution < -0.4 is 10.9 Å². The molecule has 0 atom stereocenters. The van der Waals surface area contributed by atoms with Gasteiger partial charge >= 0.3 is 0 Å². The molecule has 0 saturated heterocycles. The van der Waals surface area contributed by atoms with E-state index in [4.69, 9.17) is 4.74 Å². The van der Waals surface area contributed by atoms with Crippen molar-refractivity contribution >= 4 is 0 Å². The molecule has 2 rings (SSSR count). The van der Waals surface area contributed by atoms with Crippen LogP contribution in [0.3, 0.4) is 0 Å². The Bertz CT molecular complexity index is 412. The first-order chi connectivity index (χ1) is 8.29. The second kappa shape index (κ2) is 5.93. The van der Waals surface area contributed by atoms with Gasteiger partial charge in [0.25, 0.3) is 5.56 Å². The molecule has 1 aromatic heterocycles. The Balaban J connectivity index is 1.96. The first kappa shape index (κ1) is 12.3. The highest BCUT2D eigenvalue weighted by Gasteiger charge is 2.22. The molecule has 1 heterocycles. The average Bonchev–Trinajstić information content (AvgIpc) is 2.21. The van der Waals surface area contributed by atoms with Gasteiger partial charge in [-0.3, -0.25) is 4.79 Å². The predicted octanol–water partition coefficient (Wildman–Crippen LogP) is 0.773. The van der Waals surface area contributed by atoms with Gasteiger partial charge in [-0.15, -0.1) is 0 Å². The molecule has 94 valence electrons. The molecule has 1 aliphatic rings.